The monoisotopic (exact) mass is 274 g/mol. The molecule has 3 nitrogen and oxygen atoms in total. The van der Waals surface area contributed by atoms with Crippen LogP contribution in [-0.4, -0.2) is 18.5 Å². The molecule has 0 saturated carbocycles. The zero-order valence-corrected chi connectivity index (χ0v) is 13.0. The average molecular weight is 274 g/mol. The average Bonchev–Trinajstić information content (AvgIpc) is 2.42. The van der Waals surface area contributed by atoms with Crippen LogP contribution in [-0.2, 0) is 17.8 Å². The Morgan fingerprint density at radius 1 is 1.35 bits per heavy atom. The van der Waals surface area contributed by atoms with Crippen molar-refractivity contribution in [3.8, 4) is 0 Å². The van der Waals surface area contributed by atoms with Gasteiger partial charge in [-0.05, 0) is 28.9 Å². The molecule has 2 N–H and O–H groups in total. The molecule has 1 heterocycles. The highest BCUT2D eigenvalue weighted by molar-refractivity contribution is 5.82. The number of hydrogen-bond acceptors (Lipinski definition) is 2. The number of fused-ring (bicyclic) bond motifs is 1. The van der Waals surface area contributed by atoms with Crippen molar-refractivity contribution in [1.29, 1.82) is 0 Å². The Balaban J connectivity index is 1.89. The first-order valence-electron chi connectivity index (χ1n) is 7.46. The smallest absolute Gasteiger partial charge is 0.237 e. The predicted molar refractivity (Wildman–Crippen MR) is 82.4 cm³/mol. The summed E-state index contributed by atoms with van der Waals surface area (Å²) in [5, 5.41) is 6.41. The fourth-order valence-corrected chi connectivity index (χ4v) is 2.32. The SMILES string of the molecule is CC(CNC(=O)[C@@H]1Cc2ccccc2CN1)C(C)(C)C. The molecule has 110 valence electrons. The Morgan fingerprint density at radius 3 is 2.65 bits per heavy atom. The van der Waals surface area contributed by atoms with Crippen molar-refractivity contribution in [2.75, 3.05) is 6.54 Å². The summed E-state index contributed by atoms with van der Waals surface area (Å²) < 4.78 is 0. The minimum Gasteiger partial charge on any atom is -0.354 e. The quantitative estimate of drug-likeness (QED) is 0.889. The molecule has 0 spiro atoms. The van der Waals surface area contributed by atoms with E-state index in [1.165, 1.54) is 11.1 Å². The topological polar surface area (TPSA) is 41.1 Å². The second-order valence-corrected chi connectivity index (χ2v) is 6.92. The number of benzene rings is 1. The maximum absolute atomic E-state index is 12.3. The lowest BCUT2D eigenvalue weighted by Gasteiger charge is -2.29. The van der Waals surface area contributed by atoms with E-state index in [0.29, 0.717) is 5.92 Å². The molecule has 0 bridgehead atoms. The van der Waals surface area contributed by atoms with Crippen LogP contribution in [0.3, 0.4) is 0 Å². The highest BCUT2D eigenvalue weighted by Gasteiger charge is 2.25. The molecule has 1 aliphatic heterocycles. The van der Waals surface area contributed by atoms with Crippen LogP contribution in [0.25, 0.3) is 0 Å². The van der Waals surface area contributed by atoms with Crippen LogP contribution in [0, 0.1) is 11.3 Å². The van der Waals surface area contributed by atoms with Gasteiger partial charge >= 0.3 is 0 Å². The molecule has 1 aliphatic rings. The molecule has 20 heavy (non-hydrogen) atoms. The predicted octanol–water partition coefficient (Wildman–Crippen LogP) is 2.50. The molecule has 0 radical (unpaired) electrons. The summed E-state index contributed by atoms with van der Waals surface area (Å²) >= 11 is 0. The Kier molecular flexibility index (Phi) is 4.48. The molecule has 0 aromatic heterocycles. The van der Waals surface area contributed by atoms with Gasteiger partial charge in [-0.25, -0.2) is 0 Å². The first-order valence-corrected chi connectivity index (χ1v) is 7.46. The maximum Gasteiger partial charge on any atom is 0.237 e. The van der Waals surface area contributed by atoms with Gasteiger partial charge in [0.25, 0.3) is 0 Å². The summed E-state index contributed by atoms with van der Waals surface area (Å²) in [6, 6.07) is 8.23. The lowest BCUT2D eigenvalue weighted by molar-refractivity contribution is -0.123. The van der Waals surface area contributed by atoms with Gasteiger partial charge in [-0.15, -0.1) is 0 Å². The standard InChI is InChI=1S/C17H26N2O/c1-12(17(2,3)4)10-19-16(20)15-9-13-7-5-6-8-14(13)11-18-15/h5-8,12,15,18H,9-11H2,1-4H3,(H,19,20)/t12?,15-/m0/s1. The number of carbonyl (C=O) groups excluding carboxylic acids is 1. The normalized spacial score (nSPS) is 20.1. The molecule has 3 heteroatoms. The van der Waals surface area contributed by atoms with Crippen molar-refractivity contribution >= 4 is 5.91 Å². The van der Waals surface area contributed by atoms with Crippen LogP contribution in [0.4, 0.5) is 0 Å². The van der Waals surface area contributed by atoms with E-state index in [1.807, 2.05) is 12.1 Å². The lowest BCUT2D eigenvalue weighted by atomic mass is 9.82. The fraction of sp³-hybridized carbons (Fsp3) is 0.588. The Labute approximate surface area is 122 Å². The summed E-state index contributed by atoms with van der Waals surface area (Å²) in [4.78, 5) is 12.3. The van der Waals surface area contributed by atoms with Gasteiger partial charge < -0.3 is 10.6 Å². The van der Waals surface area contributed by atoms with Crippen molar-refractivity contribution in [1.82, 2.24) is 10.6 Å². The molecule has 0 aliphatic carbocycles. The van der Waals surface area contributed by atoms with E-state index in [2.05, 4.69) is 50.5 Å². The minimum absolute atomic E-state index is 0.0999. The van der Waals surface area contributed by atoms with Gasteiger partial charge in [0, 0.05) is 13.1 Å². The summed E-state index contributed by atoms with van der Waals surface area (Å²) in [7, 11) is 0. The van der Waals surface area contributed by atoms with Crippen molar-refractivity contribution in [2.24, 2.45) is 11.3 Å². The first kappa shape index (κ1) is 15.0. The van der Waals surface area contributed by atoms with Crippen LogP contribution < -0.4 is 10.6 Å². The van der Waals surface area contributed by atoms with Crippen LogP contribution in [0.2, 0.25) is 0 Å². The Morgan fingerprint density at radius 2 is 2.00 bits per heavy atom. The van der Waals surface area contributed by atoms with E-state index in [-0.39, 0.29) is 17.4 Å². The second-order valence-electron chi connectivity index (χ2n) is 6.92. The molecule has 1 amide bonds. The third-order valence-electron chi connectivity index (χ3n) is 4.46. The maximum atomic E-state index is 12.3. The highest BCUT2D eigenvalue weighted by Crippen LogP contribution is 2.24. The van der Waals surface area contributed by atoms with E-state index in [1.54, 1.807) is 0 Å². The third-order valence-corrected chi connectivity index (χ3v) is 4.46. The van der Waals surface area contributed by atoms with Crippen LogP contribution in [0.5, 0.6) is 0 Å². The minimum atomic E-state index is -0.0999. The van der Waals surface area contributed by atoms with Gasteiger partial charge in [-0.3, -0.25) is 4.79 Å². The second kappa shape index (κ2) is 5.96. The van der Waals surface area contributed by atoms with Crippen LogP contribution in [0.1, 0.15) is 38.8 Å². The summed E-state index contributed by atoms with van der Waals surface area (Å²) in [6.45, 7) is 10.3. The van der Waals surface area contributed by atoms with Crippen LogP contribution >= 0.6 is 0 Å². The first-order chi connectivity index (χ1) is 9.38. The number of hydrogen-bond donors (Lipinski definition) is 2. The third kappa shape index (κ3) is 3.60. The summed E-state index contributed by atoms with van der Waals surface area (Å²) in [5.74, 6) is 0.581. The van der Waals surface area contributed by atoms with E-state index >= 15 is 0 Å². The van der Waals surface area contributed by atoms with Gasteiger partial charge in [0.1, 0.15) is 0 Å². The van der Waals surface area contributed by atoms with E-state index < -0.39 is 0 Å². The van der Waals surface area contributed by atoms with Gasteiger partial charge in [-0.2, -0.15) is 0 Å². The molecular formula is C17H26N2O. The molecule has 0 saturated heterocycles. The molecule has 1 unspecified atom stereocenters. The number of carbonyl (C=O) groups is 1. The lowest BCUT2D eigenvalue weighted by Crippen LogP contribution is -2.49. The van der Waals surface area contributed by atoms with Crippen molar-refractivity contribution < 1.29 is 4.79 Å². The summed E-state index contributed by atoms with van der Waals surface area (Å²) in [6.07, 6.45) is 0.784. The number of amides is 1. The zero-order valence-electron chi connectivity index (χ0n) is 13.0. The zero-order chi connectivity index (χ0) is 14.8. The van der Waals surface area contributed by atoms with Gasteiger partial charge in [-0.1, -0.05) is 52.0 Å². The van der Waals surface area contributed by atoms with Crippen LogP contribution in [0.15, 0.2) is 24.3 Å². The molecule has 2 rings (SSSR count). The highest BCUT2D eigenvalue weighted by atomic mass is 16.2. The van der Waals surface area contributed by atoms with E-state index in [4.69, 9.17) is 0 Å². The molecular weight excluding hydrogens is 248 g/mol. The Hall–Kier alpha value is -1.35. The van der Waals surface area contributed by atoms with E-state index in [0.717, 1.165) is 19.5 Å². The van der Waals surface area contributed by atoms with Gasteiger partial charge in [0.2, 0.25) is 5.91 Å². The number of nitrogens with one attached hydrogen (secondary N) is 2. The van der Waals surface area contributed by atoms with Gasteiger partial charge in [0.15, 0.2) is 0 Å². The molecule has 2 atom stereocenters. The van der Waals surface area contributed by atoms with Gasteiger partial charge in [0.05, 0.1) is 6.04 Å². The summed E-state index contributed by atoms with van der Waals surface area (Å²) in [5.41, 5.74) is 2.81. The molecule has 1 aromatic rings. The largest absolute Gasteiger partial charge is 0.354 e. The number of rotatable bonds is 3. The van der Waals surface area contributed by atoms with Crippen molar-refractivity contribution in [2.45, 2.75) is 46.7 Å². The van der Waals surface area contributed by atoms with Crippen molar-refractivity contribution in [3.05, 3.63) is 35.4 Å². The van der Waals surface area contributed by atoms with Crippen molar-refractivity contribution in [3.63, 3.8) is 0 Å². The molecule has 1 aromatic carbocycles. The Bertz CT molecular complexity index is 476. The molecule has 0 fully saturated rings. The fourth-order valence-electron chi connectivity index (χ4n) is 2.32. The van der Waals surface area contributed by atoms with E-state index in [9.17, 15) is 4.79 Å².